The van der Waals surface area contributed by atoms with E-state index in [9.17, 15) is 0 Å². The summed E-state index contributed by atoms with van der Waals surface area (Å²) in [5, 5.41) is 7.43. The number of nitrogens with one attached hydrogen (secondary N) is 2. The van der Waals surface area contributed by atoms with E-state index in [-0.39, 0.29) is 0 Å². The Labute approximate surface area is 156 Å². The molecule has 0 saturated heterocycles. The van der Waals surface area contributed by atoms with Crippen molar-refractivity contribution in [1.82, 2.24) is 9.97 Å². The summed E-state index contributed by atoms with van der Waals surface area (Å²) in [6.45, 7) is 1.90. The van der Waals surface area contributed by atoms with Crippen LogP contribution in [0.15, 0.2) is 48.5 Å². The van der Waals surface area contributed by atoms with Crippen molar-refractivity contribution in [2.75, 3.05) is 17.7 Å². The summed E-state index contributed by atoms with van der Waals surface area (Å²) in [6.07, 6.45) is 0. The van der Waals surface area contributed by atoms with Gasteiger partial charge in [0.15, 0.2) is 0 Å². The van der Waals surface area contributed by atoms with Crippen LogP contribution in [-0.2, 0) is 0 Å². The zero-order valence-electron chi connectivity index (χ0n) is 13.7. The average molecular weight is 375 g/mol. The van der Waals surface area contributed by atoms with E-state index in [1.807, 2.05) is 37.3 Å². The van der Waals surface area contributed by atoms with Gasteiger partial charge in [-0.15, -0.1) is 0 Å². The van der Waals surface area contributed by atoms with Crippen LogP contribution in [-0.4, -0.2) is 17.1 Å². The van der Waals surface area contributed by atoms with Crippen LogP contribution >= 0.6 is 23.2 Å². The molecule has 0 saturated carbocycles. The third-order valence-corrected chi connectivity index (χ3v) is 3.92. The van der Waals surface area contributed by atoms with Gasteiger partial charge < -0.3 is 15.4 Å². The van der Waals surface area contributed by atoms with Crippen LogP contribution in [0.4, 0.5) is 23.1 Å². The number of aryl methyl sites for hydroxylation is 1. The van der Waals surface area contributed by atoms with Gasteiger partial charge >= 0.3 is 0 Å². The molecule has 1 aromatic heterocycles. The lowest BCUT2D eigenvalue weighted by atomic mass is 10.3. The Hall–Kier alpha value is -2.50. The van der Waals surface area contributed by atoms with E-state index in [0.29, 0.717) is 27.5 Å². The molecule has 3 aromatic rings. The number of hydrogen-bond donors (Lipinski definition) is 2. The van der Waals surface area contributed by atoms with E-state index >= 15 is 0 Å². The molecule has 3 rings (SSSR count). The summed E-state index contributed by atoms with van der Waals surface area (Å²) in [5.74, 6) is 1.87. The Bertz CT molecular complexity index is 902. The normalized spacial score (nSPS) is 10.4. The first kappa shape index (κ1) is 17.3. The summed E-state index contributed by atoms with van der Waals surface area (Å²) < 4.78 is 5.23. The lowest BCUT2D eigenvalue weighted by Gasteiger charge is -2.11. The van der Waals surface area contributed by atoms with E-state index in [1.54, 1.807) is 25.3 Å². The molecule has 128 valence electrons. The fraction of sp³-hybridized carbons (Fsp3) is 0.111. The zero-order chi connectivity index (χ0) is 17.8. The highest BCUT2D eigenvalue weighted by Crippen LogP contribution is 2.28. The molecule has 1 heterocycles. The minimum atomic E-state index is 0.439. The molecule has 0 aliphatic heterocycles. The Kier molecular flexibility index (Phi) is 5.26. The van der Waals surface area contributed by atoms with Crippen LogP contribution in [0.25, 0.3) is 0 Å². The molecule has 0 unspecified atom stereocenters. The number of hydrogen-bond acceptors (Lipinski definition) is 5. The fourth-order valence-corrected chi connectivity index (χ4v) is 2.70. The number of benzene rings is 2. The Morgan fingerprint density at radius 3 is 2.56 bits per heavy atom. The Morgan fingerprint density at radius 2 is 1.80 bits per heavy atom. The first-order chi connectivity index (χ1) is 12.0. The number of rotatable bonds is 5. The Morgan fingerprint density at radius 1 is 0.960 bits per heavy atom. The second kappa shape index (κ2) is 7.59. The van der Waals surface area contributed by atoms with Gasteiger partial charge in [-0.25, -0.2) is 4.98 Å². The van der Waals surface area contributed by atoms with Crippen LogP contribution in [0.5, 0.6) is 5.75 Å². The quantitative estimate of drug-likeness (QED) is 0.609. The molecule has 7 heteroatoms. The SMILES string of the molecule is COc1cccc(Nc2cc(C)nc(Nc3ccc(Cl)cc3Cl)n2)c1. The van der Waals surface area contributed by atoms with Crippen molar-refractivity contribution in [3.63, 3.8) is 0 Å². The van der Waals surface area contributed by atoms with Crippen molar-refractivity contribution < 1.29 is 4.74 Å². The molecule has 25 heavy (non-hydrogen) atoms. The monoisotopic (exact) mass is 374 g/mol. The summed E-state index contributed by atoms with van der Waals surface area (Å²) in [4.78, 5) is 8.87. The number of nitrogens with zero attached hydrogens (tertiary/aromatic N) is 2. The first-order valence-corrected chi connectivity index (χ1v) is 8.28. The van der Waals surface area contributed by atoms with Crippen molar-refractivity contribution in [3.8, 4) is 5.75 Å². The molecule has 0 spiro atoms. The molecule has 2 N–H and O–H groups in total. The predicted molar refractivity (Wildman–Crippen MR) is 103 cm³/mol. The van der Waals surface area contributed by atoms with Crippen LogP contribution in [0.3, 0.4) is 0 Å². The van der Waals surface area contributed by atoms with Gasteiger partial charge in [0, 0.05) is 28.5 Å². The van der Waals surface area contributed by atoms with E-state index in [4.69, 9.17) is 27.9 Å². The third-order valence-electron chi connectivity index (χ3n) is 3.37. The molecule has 0 atom stereocenters. The fourth-order valence-electron chi connectivity index (χ4n) is 2.25. The molecule has 0 radical (unpaired) electrons. The van der Waals surface area contributed by atoms with Gasteiger partial charge in [-0.05, 0) is 37.3 Å². The van der Waals surface area contributed by atoms with Crippen molar-refractivity contribution in [2.24, 2.45) is 0 Å². The number of aromatic nitrogens is 2. The number of ether oxygens (including phenoxy) is 1. The summed E-state index contributed by atoms with van der Waals surface area (Å²) >= 11 is 12.1. The topological polar surface area (TPSA) is 59.1 Å². The van der Waals surface area contributed by atoms with Gasteiger partial charge in [-0.3, -0.25) is 0 Å². The molecule has 0 amide bonds. The molecular weight excluding hydrogens is 359 g/mol. The van der Waals surface area contributed by atoms with Crippen LogP contribution in [0.1, 0.15) is 5.69 Å². The zero-order valence-corrected chi connectivity index (χ0v) is 15.2. The van der Waals surface area contributed by atoms with Gasteiger partial charge in [0.05, 0.1) is 17.8 Å². The Balaban J connectivity index is 1.84. The van der Waals surface area contributed by atoms with Gasteiger partial charge in [0.2, 0.25) is 5.95 Å². The summed E-state index contributed by atoms with van der Waals surface area (Å²) in [7, 11) is 1.63. The van der Waals surface area contributed by atoms with Crippen molar-refractivity contribution in [3.05, 3.63) is 64.3 Å². The predicted octanol–water partition coefficient (Wildman–Crippen LogP) is 5.59. The second-order valence-electron chi connectivity index (χ2n) is 5.32. The lowest BCUT2D eigenvalue weighted by molar-refractivity contribution is 0.415. The summed E-state index contributed by atoms with van der Waals surface area (Å²) in [6, 6.07) is 14.7. The average Bonchev–Trinajstić information content (AvgIpc) is 2.57. The highest BCUT2D eigenvalue weighted by Gasteiger charge is 2.07. The molecule has 0 bridgehead atoms. The smallest absolute Gasteiger partial charge is 0.229 e. The number of methoxy groups -OCH3 is 1. The van der Waals surface area contributed by atoms with Crippen LogP contribution < -0.4 is 15.4 Å². The van der Waals surface area contributed by atoms with Gasteiger partial charge in [0.1, 0.15) is 11.6 Å². The van der Waals surface area contributed by atoms with Crippen molar-refractivity contribution >= 4 is 46.3 Å². The minimum absolute atomic E-state index is 0.439. The molecular formula is C18H16Cl2N4O. The highest BCUT2D eigenvalue weighted by atomic mass is 35.5. The first-order valence-electron chi connectivity index (χ1n) is 7.52. The minimum Gasteiger partial charge on any atom is -0.497 e. The number of anilines is 4. The number of halogens is 2. The van der Waals surface area contributed by atoms with Crippen LogP contribution in [0.2, 0.25) is 10.0 Å². The largest absolute Gasteiger partial charge is 0.497 e. The standard InChI is InChI=1S/C18H16Cl2N4O/c1-11-8-17(22-13-4-3-5-14(10-13)25-2)24-18(21-11)23-16-7-6-12(19)9-15(16)20/h3-10H,1-2H3,(H2,21,22,23,24). The van der Waals surface area contributed by atoms with E-state index in [2.05, 4.69) is 20.6 Å². The van der Waals surface area contributed by atoms with Crippen molar-refractivity contribution in [2.45, 2.75) is 6.92 Å². The van der Waals surface area contributed by atoms with Gasteiger partial charge in [-0.2, -0.15) is 4.98 Å². The molecule has 0 fully saturated rings. The van der Waals surface area contributed by atoms with Gasteiger partial charge in [0.25, 0.3) is 0 Å². The molecule has 5 nitrogen and oxygen atoms in total. The van der Waals surface area contributed by atoms with E-state index in [1.165, 1.54) is 0 Å². The lowest BCUT2D eigenvalue weighted by Crippen LogP contribution is -2.02. The second-order valence-corrected chi connectivity index (χ2v) is 6.17. The van der Waals surface area contributed by atoms with Gasteiger partial charge in [-0.1, -0.05) is 29.3 Å². The van der Waals surface area contributed by atoms with Crippen LogP contribution in [0, 0.1) is 6.92 Å². The van der Waals surface area contributed by atoms with Crippen molar-refractivity contribution in [1.29, 1.82) is 0 Å². The maximum absolute atomic E-state index is 6.19. The molecule has 2 aromatic carbocycles. The van der Waals surface area contributed by atoms with E-state index in [0.717, 1.165) is 17.1 Å². The summed E-state index contributed by atoms with van der Waals surface area (Å²) in [5.41, 5.74) is 2.37. The van der Waals surface area contributed by atoms with E-state index < -0.39 is 0 Å². The third kappa shape index (κ3) is 4.53. The maximum atomic E-state index is 6.19. The maximum Gasteiger partial charge on any atom is 0.229 e. The molecule has 0 aliphatic rings. The highest BCUT2D eigenvalue weighted by molar-refractivity contribution is 6.36. The molecule has 0 aliphatic carbocycles.